The Bertz CT molecular complexity index is 658. The Morgan fingerprint density at radius 1 is 1.04 bits per heavy atom. The van der Waals surface area contributed by atoms with Crippen LogP contribution in [0.4, 0.5) is 0 Å². The zero-order valence-corrected chi connectivity index (χ0v) is 15.4. The van der Waals surface area contributed by atoms with Gasteiger partial charge in [0.1, 0.15) is 6.61 Å². The maximum Gasteiger partial charge on any atom is 0.166 e. The van der Waals surface area contributed by atoms with Crippen LogP contribution in [-0.4, -0.2) is 51.4 Å². The van der Waals surface area contributed by atoms with Gasteiger partial charge in [-0.25, -0.2) is 0 Å². The fourth-order valence-electron chi connectivity index (χ4n) is 3.04. The first kappa shape index (κ1) is 18.7. The SMILES string of the molecule is COc1cccc(CNCCN2CCOCC2)c1OCc1ccccc1. The van der Waals surface area contributed by atoms with E-state index < -0.39 is 0 Å². The maximum atomic E-state index is 6.10. The van der Waals surface area contributed by atoms with Crippen molar-refractivity contribution in [1.82, 2.24) is 10.2 Å². The van der Waals surface area contributed by atoms with Gasteiger partial charge in [0.25, 0.3) is 0 Å². The van der Waals surface area contributed by atoms with E-state index in [0.29, 0.717) is 6.61 Å². The van der Waals surface area contributed by atoms with Crippen LogP contribution in [-0.2, 0) is 17.9 Å². The second-order valence-electron chi connectivity index (χ2n) is 6.35. The Hall–Kier alpha value is -2.08. The summed E-state index contributed by atoms with van der Waals surface area (Å²) in [5.41, 5.74) is 2.26. The van der Waals surface area contributed by atoms with E-state index in [1.165, 1.54) is 0 Å². The molecule has 5 nitrogen and oxygen atoms in total. The molecule has 1 aliphatic heterocycles. The average molecular weight is 356 g/mol. The number of ether oxygens (including phenoxy) is 3. The molecule has 3 rings (SSSR count). The Labute approximate surface area is 155 Å². The summed E-state index contributed by atoms with van der Waals surface area (Å²) >= 11 is 0. The van der Waals surface area contributed by atoms with Crippen molar-refractivity contribution in [3.05, 3.63) is 59.7 Å². The Kier molecular flexibility index (Phi) is 7.31. The van der Waals surface area contributed by atoms with Gasteiger partial charge in [0, 0.05) is 38.3 Å². The molecule has 1 fully saturated rings. The van der Waals surface area contributed by atoms with Crippen LogP contribution in [0.1, 0.15) is 11.1 Å². The van der Waals surface area contributed by atoms with Crippen LogP contribution in [0.2, 0.25) is 0 Å². The zero-order chi connectivity index (χ0) is 18.0. The number of morpholine rings is 1. The molecule has 5 heteroatoms. The van der Waals surface area contributed by atoms with E-state index in [1.807, 2.05) is 30.3 Å². The Balaban J connectivity index is 1.55. The number of nitrogens with one attached hydrogen (secondary N) is 1. The van der Waals surface area contributed by atoms with Gasteiger partial charge in [0.2, 0.25) is 0 Å². The molecule has 0 unspecified atom stereocenters. The molecule has 1 heterocycles. The maximum absolute atomic E-state index is 6.10. The van der Waals surface area contributed by atoms with Crippen LogP contribution in [0, 0.1) is 0 Å². The number of rotatable bonds is 9. The molecule has 2 aromatic carbocycles. The lowest BCUT2D eigenvalue weighted by atomic mass is 10.1. The normalized spacial score (nSPS) is 15.0. The van der Waals surface area contributed by atoms with Crippen LogP contribution in [0.3, 0.4) is 0 Å². The van der Waals surface area contributed by atoms with E-state index in [-0.39, 0.29) is 0 Å². The summed E-state index contributed by atoms with van der Waals surface area (Å²) in [6.45, 7) is 6.98. The second-order valence-corrected chi connectivity index (χ2v) is 6.35. The summed E-state index contributed by atoms with van der Waals surface area (Å²) in [5, 5.41) is 3.52. The highest BCUT2D eigenvalue weighted by atomic mass is 16.5. The fourth-order valence-corrected chi connectivity index (χ4v) is 3.04. The first-order valence-corrected chi connectivity index (χ1v) is 9.20. The number of methoxy groups -OCH3 is 1. The minimum atomic E-state index is 0.530. The van der Waals surface area contributed by atoms with E-state index in [0.717, 1.165) is 68.6 Å². The van der Waals surface area contributed by atoms with Crippen molar-refractivity contribution < 1.29 is 14.2 Å². The molecule has 2 aromatic rings. The third-order valence-corrected chi connectivity index (χ3v) is 4.53. The molecule has 1 N–H and O–H groups in total. The molecule has 0 amide bonds. The molecule has 1 aliphatic rings. The number of para-hydroxylation sites is 1. The number of benzene rings is 2. The van der Waals surface area contributed by atoms with Crippen molar-refractivity contribution in [1.29, 1.82) is 0 Å². The standard InChI is InChI=1S/C21H28N2O3/c1-24-20-9-5-8-19(16-22-10-11-23-12-14-25-15-13-23)21(20)26-17-18-6-3-2-4-7-18/h2-9,22H,10-17H2,1H3. The van der Waals surface area contributed by atoms with Crippen LogP contribution >= 0.6 is 0 Å². The van der Waals surface area contributed by atoms with Crippen LogP contribution < -0.4 is 14.8 Å². The molecule has 26 heavy (non-hydrogen) atoms. The van der Waals surface area contributed by atoms with Crippen LogP contribution in [0.15, 0.2) is 48.5 Å². The minimum absolute atomic E-state index is 0.530. The highest BCUT2D eigenvalue weighted by molar-refractivity contribution is 5.46. The van der Waals surface area contributed by atoms with Crippen molar-refractivity contribution in [3.63, 3.8) is 0 Å². The third kappa shape index (κ3) is 5.46. The average Bonchev–Trinajstić information content (AvgIpc) is 2.71. The topological polar surface area (TPSA) is 43.0 Å². The van der Waals surface area contributed by atoms with Crippen LogP contribution in [0.5, 0.6) is 11.5 Å². The molecule has 140 valence electrons. The minimum Gasteiger partial charge on any atom is -0.493 e. The van der Waals surface area contributed by atoms with Gasteiger partial charge in [-0.2, -0.15) is 0 Å². The molecule has 0 aromatic heterocycles. The van der Waals surface area contributed by atoms with Crippen molar-refractivity contribution >= 4 is 0 Å². The molecular formula is C21H28N2O3. The smallest absolute Gasteiger partial charge is 0.166 e. The monoisotopic (exact) mass is 356 g/mol. The first-order chi connectivity index (χ1) is 12.9. The molecule has 0 spiro atoms. The second kappa shape index (κ2) is 10.2. The van der Waals surface area contributed by atoms with Crippen LogP contribution in [0.25, 0.3) is 0 Å². The molecular weight excluding hydrogens is 328 g/mol. The summed E-state index contributed by atoms with van der Waals surface area (Å²) in [6, 6.07) is 16.2. The fraction of sp³-hybridized carbons (Fsp3) is 0.429. The highest BCUT2D eigenvalue weighted by Gasteiger charge is 2.12. The quantitative estimate of drug-likeness (QED) is 0.700. The van der Waals surface area contributed by atoms with E-state index in [4.69, 9.17) is 14.2 Å². The molecule has 0 aliphatic carbocycles. The van der Waals surface area contributed by atoms with E-state index in [9.17, 15) is 0 Å². The third-order valence-electron chi connectivity index (χ3n) is 4.53. The van der Waals surface area contributed by atoms with Crippen molar-refractivity contribution in [2.45, 2.75) is 13.2 Å². The summed E-state index contributed by atoms with van der Waals surface area (Å²) < 4.78 is 17.0. The number of nitrogens with zero attached hydrogens (tertiary/aromatic N) is 1. The highest BCUT2D eigenvalue weighted by Crippen LogP contribution is 2.31. The molecule has 1 saturated heterocycles. The lowest BCUT2D eigenvalue weighted by Gasteiger charge is -2.26. The Morgan fingerprint density at radius 2 is 1.85 bits per heavy atom. The number of hydrogen-bond donors (Lipinski definition) is 1. The lowest BCUT2D eigenvalue weighted by Crippen LogP contribution is -2.40. The summed E-state index contributed by atoms with van der Waals surface area (Å²) in [4.78, 5) is 2.43. The van der Waals surface area contributed by atoms with Gasteiger partial charge in [0.15, 0.2) is 11.5 Å². The summed E-state index contributed by atoms with van der Waals surface area (Å²) in [5.74, 6) is 1.59. The molecule has 0 atom stereocenters. The number of hydrogen-bond acceptors (Lipinski definition) is 5. The van der Waals surface area contributed by atoms with Gasteiger partial charge in [0.05, 0.1) is 20.3 Å². The predicted molar refractivity (Wildman–Crippen MR) is 103 cm³/mol. The van der Waals surface area contributed by atoms with Gasteiger partial charge < -0.3 is 19.5 Å². The van der Waals surface area contributed by atoms with Crippen molar-refractivity contribution in [3.8, 4) is 11.5 Å². The van der Waals surface area contributed by atoms with Gasteiger partial charge in [-0.15, -0.1) is 0 Å². The van der Waals surface area contributed by atoms with Crippen molar-refractivity contribution in [2.75, 3.05) is 46.5 Å². The lowest BCUT2D eigenvalue weighted by molar-refractivity contribution is 0.0384. The van der Waals surface area contributed by atoms with Gasteiger partial charge >= 0.3 is 0 Å². The zero-order valence-electron chi connectivity index (χ0n) is 15.4. The van der Waals surface area contributed by atoms with Crippen molar-refractivity contribution in [2.24, 2.45) is 0 Å². The summed E-state index contributed by atoms with van der Waals surface area (Å²) in [6.07, 6.45) is 0. The van der Waals surface area contributed by atoms with Gasteiger partial charge in [-0.3, -0.25) is 4.90 Å². The largest absolute Gasteiger partial charge is 0.493 e. The predicted octanol–water partition coefficient (Wildman–Crippen LogP) is 2.70. The van der Waals surface area contributed by atoms with Gasteiger partial charge in [-0.1, -0.05) is 42.5 Å². The summed E-state index contributed by atoms with van der Waals surface area (Å²) in [7, 11) is 1.68. The Morgan fingerprint density at radius 3 is 2.62 bits per heavy atom. The van der Waals surface area contributed by atoms with Gasteiger partial charge in [-0.05, 0) is 11.6 Å². The molecule has 0 saturated carbocycles. The molecule has 0 radical (unpaired) electrons. The van der Waals surface area contributed by atoms with E-state index in [2.05, 4.69) is 28.4 Å². The van der Waals surface area contributed by atoms with E-state index in [1.54, 1.807) is 7.11 Å². The van der Waals surface area contributed by atoms with E-state index >= 15 is 0 Å². The first-order valence-electron chi connectivity index (χ1n) is 9.20. The molecule has 0 bridgehead atoms.